The summed E-state index contributed by atoms with van der Waals surface area (Å²) in [5, 5.41) is 12.9. The molecule has 2 aromatic rings. The maximum absolute atomic E-state index is 13.4. The highest BCUT2D eigenvalue weighted by Crippen LogP contribution is 2.26. The quantitative estimate of drug-likeness (QED) is 0.898. The molecule has 0 radical (unpaired) electrons. The molecule has 1 heterocycles. The fraction of sp³-hybridized carbons (Fsp3) is 0.182. The topological polar surface area (TPSA) is 38.1 Å². The van der Waals surface area contributed by atoms with Crippen LogP contribution < -0.4 is 0 Å². The second-order valence-corrected chi connectivity index (χ2v) is 3.51. The van der Waals surface area contributed by atoms with Crippen molar-refractivity contribution in [1.82, 2.24) is 9.78 Å². The summed E-state index contributed by atoms with van der Waals surface area (Å²) in [6, 6.07) is 3.54. The van der Waals surface area contributed by atoms with E-state index in [2.05, 4.69) is 5.10 Å². The molecule has 0 aliphatic rings. The zero-order valence-corrected chi connectivity index (χ0v) is 8.65. The van der Waals surface area contributed by atoms with Crippen molar-refractivity contribution >= 4 is 0 Å². The van der Waals surface area contributed by atoms with Crippen LogP contribution in [0.15, 0.2) is 30.6 Å². The van der Waals surface area contributed by atoms with E-state index in [1.807, 2.05) is 0 Å². The van der Waals surface area contributed by atoms with Crippen LogP contribution in [0.4, 0.5) is 13.2 Å². The first kappa shape index (κ1) is 11.5. The maximum atomic E-state index is 13.4. The molecule has 0 fully saturated rings. The Labute approximate surface area is 95.1 Å². The molecule has 0 bridgehead atoms. The van der Waals surface area contributed by atoms with Gasteiger partial charge in [-0.3, -0.25) is 4.68 Å². The smallest absolute Gasteiger partial charge is 0.257 e. The van der Waals surface area contributed by atoms with Gasteiger partial charge in [-0.15, -0.1) is 0 Å². The normalized spacial score (nSPS) is 11.1. The fourth-order valence-corrected chi connectivity index (χ4v) is 1.48. The van der Waals surface area contributed by atoms with Crippen molar-refractivity contribution in [3.05, 3.63) is 36.4 Å². The largest absolute Gasteiger partial charge is 0.508 e. The van der Waals surface area contributed by atoms with E-state index < -0.39 is 18.8 Å². The van der Waals surface area contributed by atoms with Crippen LogP contribution >= 0.6 is 0 Å². The van der Waals surface area contributed by atoms with Crippen LogP contribution in [0, 0.1) is 5.82 Å². The van der Waals surface area contributed by atoms with E-state index >= 15 is 0 Å². The molecular weight excluding hydrogens is 233 g/mol. The summed E-state index contributed by atoms with van der Waals surface area (Å²) in [6.45, 7) is -0.541. The minimum Gasteiger partial charge on any atom is -0.508 e. The maximum Gasteiger partial charge on any atom is 0.257 e. The Hall–Kier alpha value is -1.98. The Kier molecular flexibility index (Phi) is 3.03. The van der Waals surface area contributed by atoms with Crippen molar-refractivity contribution in [3.63, 3.8) is 0 Å². The van der Waals surface area contributed by atoms with Gasteiger partial charge in [-0.05, 0) is 18.2 Å². The predicted molar refractivity (Wildman–Crippen MR) is 55.3 cm³/mol. The minimum atomic E-state index is -2.52. The number of aromatic hydroxyl groups is 1. The van der Waals surface area contributed by atoms with Crippen molar-refractivity contribution in [2.75, 3.05) is 0 Å². The predicted octanol–water partition coefficient (Wildman–Crippen LogP) is 2.66. The summed E-state index contributed by atoms with van der Waals surface area (Å²) in [4.78, 5) is 0. The Morgan fingerprint density at radius 2 is 2.12 bits per heavy atom. The number of nitrogens with zero attached hydrogens (tertiary/aromatic N) is 2. The van der Waals surface area contributed by atoms with Crippen LogP contribution in [-0.4, -0.2) is 21.3 Å². The lowest BCUT2D eigenvalue weighted by atomic mass is 10.1. The summed E-state index contributed by atoms with van der Waals surface area (Å²) in [6.07, 6.45) is 0.0707. The van der Waals surface area contributed by atoms with Crippen molar-refractivity contribution in [3.8, 4) is 16.9 Å². The molecule has 1 aromatic carbocycles. The number of hydrogen-bond acceptors (Lipinski definition) is 2. The molecule has 90 valence electrons. The lowest BCUT2D eigenvalue weighted by Crippen LogP contribution is -2.06. The van der Waals surface area contributed by atoms with Gasteiger partial charge in [0, 0.05) is 17.3 Å². The van der Waals surface area contributed by atoms with E-state index in [1.54, 1.807) is 0 Å². The average molecular weight is 242 g/mol. The molecule has 0 saturated heterocycles. The molecule has 0 aliphatic heterocycles. The van der Waals surface area contributed by atoms with Crippen LogP contribution in [-0.2, 0) is 6.54 Å². The first-order valence-corrected chi connectivity index (χ1v) is 4.86. The highest BCUT2D eigenvalue weighted by atomic mass is 19.3. The van der Waals surface area contributed by atoms with E-state index in [1.165, 1.54) is 24.5 Å². The van der Waals surface area contributed by atoms with Gasteiger partial charge in [0.05, 0.1) is 6.20 Å². The van der Waals surface area contributed by atoms with Crippen LogP contribution in [0.2, 0.25) is 0 Å². The summed E-state index contributed by atoms with van der Waals surface area (Å²) >= 11 is 0. The molecule has 0 aliphatic carbocycles. The van der Waals surface area contributed by atoms with E-state index in [4.69, 9.17) is 0 Å². The second-order valence-electron chi connectivity index (χ2n) is 3.51. The Balaban J connectivity index is 2.33. The van der Waals surface area contributed by atoms with E-state index in [0.717, 1.165) is 10.7 Å². The van der Waals surface area contributed by atoms with Crippen molar-refractivity contribution in [2.45, 2.75) is 13.0 Å². The van der Waals surface area contributed by atoms with Gasteiger partial charge in [0.1, 0.15) is 18.1 Å². The zero-order valence-electron chi connectivity index (χ0n) is 8.65. The van der Waals surface area contributed by atoms with E-state index in [9.17, 15) is 18.3 Å². The minimum absolute atomic E-state index is 0.0944. The third kappa shape index (κ3) is 2.58. The first-order valence-electron chi connectivity index (χ1n) is 4.86. The molecule has 2 rings (SSSR count). The van der Waals surface area contributed by atoms with Gasteiger partial charge < -0.3 is 5.11 Å². The van der Waals surface area contributed by atoms with Gasteiger partial charge >= 0.3 is 0 Å². The Morgan fingerprint density at radius 3 is 2.82 bits per heavy atom. The number of benzene rings is 1. The van der Waals surface area contributed by atoms with Crippen LogP contribution in [0.1, 0.15) is 0 Å². The highest BCUT2D eigenvalue weighted by molar-refractivity contribution is 5.64. The standard InChI is InChI=1S/C11H9F3N2O/c12-10-2-1-8(17)3-9(10)7-4-15-16(5-7)6-11(13)14/h1-5,11,17H,6H2. The third-order valence-electron chi connectivity index (χ3n) is 2.22. The molecule has 0 spiro atoms. The second kappa shape index (κ2) is 4.48. The summed E-state index contributed by atoms with van der Waals surface area (Å²) in [5.41, 5.74) is 0.476. The Morgan fingerprint density at radius 1 is 1.35 bits per heavy atom. The number of hydrogen-bond donors (Lipinski definition) is 1. The van der Waals surface area contributed by atoms with Crippen LogP contribution in [0.3, 0.4) is 0 Å². The summed E-state index contributed by atoms with van der Waals surface area (Å²) in [7, 11) is 0. The lowest BCUT2D eigenvalue weighted by Gasteiger charge is -2.01. The molecule has 3 nitrogen and oxygen atoms in total. The van der Waals surface area contributed by atoms with Gasteiger partial charge in [0.25, 0.3) is 6.43 Å². The number of aromatic nitrogens is 2. The van der Waals surface area contributed by atoms with Crippen molar-refractivity contribution < 1.29 is 18.3 Å². The lowest BCUT2D eigenvalue weighted by molar-refractivity contribution is 0.122. The highest BCUT2D eigenvalue weighted by Gasteiger charge is 2.10. The summed E-state index contributed by atoms with van der Waals surface area (Å²) < 4.78 is 38.7. The number of rotatable bonds is 3. The third-order valence-corrected chi connectivity index (χ3v) is 2.22. The van der Waals surface area contributed by atoms with Gasteiger partial charge in [0.15, 0.2) is 0 Å². The molecule has 0 atom stereocenters. The molecule has 0 saturated carbocycles. The molecule has 6 heteroatoms. The van der Waals surface area contributed by atoms with Gasteiger partial charge in [0.2, 0.25) is 0 Å². The molecule has 0 unspecified atom stereocenters. The van der Waals surface area contributed by atoms with Gasteiger partial charge in [-0.1, -0.05) is 0 Å². The van der Waals surface area contributed by atoms with Crippen LogP contribution in [0.25, 0.3) is 11.1 Å². The monoisotopic (exact) mass is 242 g/mol. The number of alkyl halides is 2. The van der Waals surface area contributed by atoms with E-state index in [0.29, 0.717) is 5.56 Å². The van der Waals surface area contributed by atoms with Gasteiger partial charge in [-0.2, -0.15) is 5.10 Å². The number of phenols is 1. The number of halogens is 3. The van der Waals surface area contributed by atoms with Crippen molar-refractivity contribution in [2.24, 2.45) is 0 Å². The van der Waals surface area contributed by atoms with Crippen molar-refractivity contribution in [1.29, 1.82) is 0 Å². The molecular formula is C11H9F3N2O. The molecule has 1 aromatic heterocycles. The molecule has 17 heavy (non-hydrogen) atoms. The molecule has 1 N–H and O–H groups in total. The fourth-order valence-electron chi connectivity index (χ4n) is 1.48. The van der Waals surface area contributed by atoms with E-state index in [-0.39, 0.29) is 11.3 Å². The van der Waals surface area contributed by atoms with Crippen LogP contribution in [0.5, 0.6) is 5.75 Å². The molecule has 0 amide bonds. The zero-order chi connectivity index (χ0) is 12.4. The number of phenolic OH excluding ortho intramolecular Hbond substituents is 1. The van der Waals surface area contributed by atoms with Gasteiger partial charge in [-0.25, -0.2) is 13.2 Å². The SMILES string of the molecule is Oc1ccc(F)c(-c2cnn(CC(F)F)c2)c1. The summed E-state index contributed by atoms with van der Waals surface area (Å²) in [5.74, 6) is -0.637. The average Bonchev–Trinajstić information content (AvgIpc) is 2.69. The Bertz CT molecular complexity index is 525. The first-order chi connectivity index (χ1) is 8.06.